The quantitative estimate of drug-likeness (QED) is 0.788. The highest BCUT2D eigenvalue weighted by molar-refractivity contribution is 6.03. The maximum Gasteiger partial charge on any atom is 0.256 e. The second-order valence-corrected chi connectivity index (χ2v) is 5.59. The molecular weight excluding hydrogens is 310 g/mol. The van der Waals surface area contributed by atoms with E-state index >= 15 is 0 Å². The van der Waals surface area contributed by atoms with Crippen molar-refractivity contribution in [1.29, 1.82) is 0 Å². The second kappa shape index (κ2) is 7.94. The number of aromatic nitrogens is 2. The molecule has 1 saturated heterocycles. The van der Waals surface area contributed by atoms with E-state index in [1.165, 1.54) is 0 Å². The van der Waals surface area contributed by atoms with Gasteiger partial charge in [0.2, 0.25) is 0 Å². The van der Waals surface area contributed by atoms with Crippen LogP contribution in [0, 0.1) is 0 Å². The van der Waals surface area contributed by atoms with Crippen LogP contribution in [0.2, 0.25) is 0 Å². The summed E-state index contributed by atoms with van der Waals surface area (Å²) in [5.41, 5.74) is 0.536. The number of hydrogen-bond acceptors (Lipinski definition) is 5. The van der Waals surface area contributed by atoms with Gasteiger partial charge < -0.3 is 19.5 Å². The molecule has 1 amide bonds. The van der Waals surface area contributed by atoms with E-state index in [1.54, 1.807) is 42.1 Å². The van der Waals surface area contributed by atoms with E-state index in [-0.39, 0.29) is 18.8 Å². The normalized spacial score (nSPS) is 17.0. The van der Waals surface area contributed by atoms with Gasteiger partial charge in [0.05, 0.1) is 12.6 Å². The fraction of sp³-hybridized carbons (Fsp3) is 0.412. The zero-order chi connectivity index (χ0) is 16.8. The van der Waals surface area contributed by atoms with Crippen molar-refractivity contribution >= 4 is 11.7 Å². The van der Waals surface area contributed by atoms with Crippen LogP contribution in [-0.2, 0) is 16.0 Å². The molecule has 0 saturated carbocycles. The number of nitrogens with one attached hydrogen (secondary N) is 1. The Kier molecular flexibility index (Phi) is 5.45. The molecule has 0 radical (unpaired) electrons. The summed E-state index contributed by atoms with van der Waals surface area (Å²) in [5.74, 6) is 0.961. The summed E-state index contributed by atoms with van der Waals surface area (Å²) >= 11 is 0. The Morgan fingerprint density at radius 3 is 2.92 bits per heavy atom. The van der Waals surface area contributed by atoms with E-state index in [4.69, 9.17) is 14.2 Å². The van der Waals surface area contributed by atoms with Gasteiger partial charge in [0, 0.05) is 31.5 Å². The third-order valence-corrected chi connectivity index (χ3v) is 3.76. The number of ether oxygens (including phenoxy) is 3. The molecule has 1 atom stereocenters. The summed E-state index contributed by atoms with van der Waals surface area (Å²) in [6.07, 6.45) is 4.21. The topological polar surface area (TPSA) is 74.6 Å². The molecule has 1 unspecified atom stereocenters. The smallest absolute Gasteiger partial charge is 0.256 e. The van der Waals surface area contributed by atoms with Crippen LogP contribution in [0.4, 0.5) is 5.82 Å². The predicted molar refractivity (Wildman–Crippen MR) is 88.1 cm³/mol. The zero-order valence-corrected chi connectivity index (χ0v) is 13.6. The first-order chi connectivity index (χ1) is 11.7. The van der Waals surface area contributed by atoms with Crippen LogP contribution < -0.4 is 10.1 Å². The molecule has 2 heterocycles. The molecule has 1 aliphatic heterocycles. The van der Waals surface area contributed by atoms with Crippen molar-refractivity contribution in [2.24, 2.45) is 0 Å². The first-order valence-corrected chi connectivity index (χ1v) is 7.93. The fourth-order valence-corrected chi connectivity index (χ4v) is 2.54. The van der Waals surface area contributed by atoms with E-state index in [2.05, 4.69) is 10.4 Å². The molecule has 128 valence electrons. The van der Waals surface area contributed by atoms with Crippen LogP contribution in [-0.4, -0.2) is 42.3 Å². The number of anilines is 1. The van der Waals surface area contributed by atoms with Crippen molar-refractivity contribution in [2.75, 3.05) is 25.8 Å². The van der Waals surface area contributed by atoms with Gasteiger partial charge in [-0.25, -0.2) is 0 Å². The van der Waals surface area contributed by atoms with Gasteiger partial charge in [0.1, 0.15) is 5.75 Å². The lowest BCUT2D eigenvalue weighted by atomic mass is 10.2. The highest BCUT2D eigenvalue weighted by Crippen LogP contribution is 2.16. The largest absolute Gasteiger partial charge is 0.468 e. The molecule has 1 N–H and O–H groups in total. The lowest BCUT2D eigenvalue weighted by Crippen LogP contribution is -2.16. The molecule has 1 aliphatic rings. The molecule has 1 aromatic carbocycles. The molecule has 7 nitrogen and oxygen atoms in total. The Balaban J connectivity index is 1.55. The first-order valence-electron chi connectivity index (χ1n) is 7.93. The number of carbonyl (C=O) groups excluding carboxylic acids is 1. The molecule has 0 spiro atoms. The van der Waals surface area contributed by atoms with Gasteiger partial charge in [-0.3, -0.25) is 9.48 Å². The summed E-state index contributed by atoms with van der Waals surface area (Å²) < 4.78 is 17.5. The van der Waals surface area contributed by atoms with Gasteiger partial charge in [0.15, 0.2) is 12.6 Å². The van der Waals surface area contributed by atoms with Crippen molar-refractivity contribution in [3.8, 4) is 5.75 Å². The Morgan fingerprint density at radius 2 is 2.21 bits per heavy atom. The molecule has 24 heavy (non-hydrogen) atoms. The van der Waals surface area contributed by atoms with Gasteiger partial charge in [-0.15, -0.1) is 0 Å². The average molecular weight is 331 g/mol. The number of rotatable bonds is 7. The van der Waals surface area contributed by atoms with Crippen LogP contribution >= 0.6 is 0 Å². The number of methoxy groups -OCH3 is 1. The lowest BCUT2D eigenvalue weighted by Gasteiger charge is -2.08. The molecule has 0 aliphatic carbocycles. The molecule has 2 aromatic rings. The van der Waals surface area contributed by atoms with Crippen LogP contribution in [0.3, 0.4) is 0 Å². The zero-order valence-electron chi connectivity index (χ0n) is 13.6. The summed E-state index contributed by atoms with van der Waals surface area (Å²) in [4.78, 5) is 12.2. The maximum atomic E-state index is 12.2. The van der Waals surface area contributed by atoms with Crippen molar-refractivity contribution in [3.05, 3.63) is 42.1 Å². The minimum atomic E-state index is -0.212. The van der Waals surface area contributed by atoms with Crippen LogP contribution in [0.5, 0.6) is 5.75 Å². The van der Waals surface area contributed by atoms with Gasteiger partial charge >= 0.3 is 0 Å². The maximum absolute atomic E-state index is 12.2. The molecule has 1 fully saturated rings. The van der Waals surface area contributed by atoms with Gasteiger partial charge in [-0.1, -0.05) is 0 Å². The number of amides is 1. The average Bonchev–Trinajstić information content (AvgIpc) is 3.26. The van der Waals surface area contributed by atoms with Crippen molar-refractivity contribution in [3.63, 3.8) is 0 Å². The van der Waals surface area contributed by atoms with Gasteiger partial charge in [0.25, 0.3) is 5.91 Å². The van der Waals surface area contributed by atoms with E-state index in [0.717, 1.165) is 19.4 Å². The number of nitrogens with zero attached hydrogens (tertiary/aromatic N) is 2. The number of carbonyl (C=O) groups is 1. The molecule has 3 rings (SSSR count). The Bertz CT molecular complexity index is 663. The van der Waals surface area contributed by atoms with Crippen LogP contribution in [0.1, 0.15) is 23.2 Å². The molecular formula is C17H21N3O4. The number of hydrogen-bond donors (Lipinski definition) is 1. The highest BCUT2D eigenvalue weighted by atomic mass is 16.7. The summed E-state index contributed by atoms with van der Waals surface area (Å²) in [6.45, 7) is 1.70. The van der Waals surface area contributed by atoms with Crippen molar-refractivity contribution < 1.29 is 19.0 Å². The third kappa shape index (κ3) is 4.33. The lowest BCUT2D eigenvalue weighted by molar-refractivity contribution is 0.0511. The van der Waals surface area contributed by atoms with E-state index in [1.807, 2.05) is 6.20 Å². The van der Waals surface area contributed by atoms with E-state index in [0.29, 0.717) is 23.7 Å². The molecule has 7 heteroatoms. The monoisotopic (exact) mass is 331 g/mol. The Labute approximate surface area is 140 Å². The third-order valence-electron chi connectivity index (χ3n) is 3.76. The summed E-state index contributed by atoms with van der Waals surface area (Å²) in [6, 6.07) is 8.63. The van der Waals surface area contributed by atoms with Gasteiger partial charge in [-0.2, -0.15) is 5.10 Å². The minimum Gasteiger partial charge on any atom is -0.468 e. The Morgan fingerprint density at radius 1 is 1.38 bits per heavy atom. The number of benzene rings is 1. The molecule has 0 bridgehead atoms. The predicted octanol–water partition coefficient (Wildman–Crippen LogP) is 2.30. The Hall–Kier alpha value is -2.38. The van der Waals surface area contributed by atoms with Crippen molar-refractivity contribution in [2.45, 2.75) is 25.5 Å². The minimum absolute atomic E-state index is 0.174. The summed E-state index contributed by atoms with van der Waals surface area (Å²) in [5, 5.41) is 7.15. The van der Waals surface area contributed by atoms with E-state index < -0.39 is 0 Å². The van der Waals surface area contributed by atoms with Gasteiger partial charge in [-0.05, 0) is 37.1 Å². The second-order valence-electron chi connectivity index (χ2n) is 5.59. The van der Waals surface area contributed by atoms with Crippen LogP contribution in [0.15, 0.2) is 36.5 Å². The summed E-state index contributed by atoms with van der Waals surface area (Å²) in [7, 11) is 1.56. The van der Waals surface area contributed by atoms with E-state index in [9.17, 15) is 4.79 Å². The van der Waals surface area contributed by atoms with Crippen molar-refractivity contribution in [1.82, 2.24) is 9.78 Å². The van der Waals surface area contributed by atoms with Crippen LogP contribution in [0.25, 0.3) is 0 Å². The standard InChI is InChI=1S/C17H21N3O4/c1-22-12-24-14-6-4-13(5-7-14)17(21)18-16-8-9-20(19-16)11-15-3-2-10-23-15/h4-9,15H,2-3,10-12H2,1H3,(H,18,19,21). The first kappa shape index (κ1) is 16.5. The SMILES string of the molecule is COCOc1ccc(C(=O)Nc2ccn(CC3CCCO3)n2)cc1. The highest BCUT2D eigenvalue weighted by Gasteiger charge is 2.16. The molecule has 1 aromatic heterocycles. The fourth-order valence-electron chi connectivity index (χ4n) is 2.54.